The second-order valence-corrected chi connectivity index (χ2v) is 7.23. The highest BCUT2D eigenvalue weighted by Crippen LogP contribution is 2.21. The van der Waals surface area contributed by atoms with Crippen LogP contribution >= 0.6 is 11.6 Å². The van der Waals surface area contributed by atoms with Gasteiger partial charge in [0.15, 0.2) is 9.84 Å². The van der Waals surface area contributed by atoms with E-state index in [-0.39, 0.29) is 6.04 Å². The van der Waals surface area contributed by atoms with Crippen LogP contribution in [0.3, 0.4) is 0 Å². The lowest BCUT2D eigenvalue weighted by molar-refractivity contribution is 0.602. The van der Waals surface area contributed by atoms with Crippen molar-refractivity contribution in [1.29, 1.82) is 0 Å². The Morgan fingerprint density at radius 3 is 2.33 bits per heavy atom. The number of rotatable bonds is 4. The molecule has 1 aromatic carbocycles. The summed E-state index contributed by atoms with van der Waals surface area (Å²) in [6, 6.07) is 8.37. The molecule has 0 aliphatic heterocycles. The molecule has 0 aliphatic rings. The first-order valence-electron chi connectivity index (χ1n) is 6.33. The maximum Gasteiger partial charge on any atom is 0.175 e. The highest BCUT2D eigenvalue weighted by molar-refractivity contribution is 7.90. The third-order valence-electron chi connectivity index (χ3n) is 2.98. The molecule has 1 heterocycles. The highest BCUT2D eigenvalue weighted by Gasteiger charge is 2.10. The minimum absolute atomic E-state index is 0.0380. The molecule has 0 spiro atoms. The highest BCUT2D eigenvalue weighted by atomic mass is 35.5. The average molecular weight is 326 g/mol. The second-order valence-electron chi connectivity index (χ2n) is 4.83. The molecule has 1 atom stereocenters. The molecule has 5 nitrogen and oxygen atoms in total. The number of sulfone groups is 1. The van der Waals surface area contributed by atoms with Crippen molar-refractivity contribution in [2.24, 2.45) is 0 Å². The van der Waals surface area contributed by atoms with Crippen LogP contribution in [-0.4, -0.2) is 24.6 Å². The molecule has 0 aliphatic carbocycles. The van der Waals surface area contributed by atoms with Crippen molar-refractivity contribution in [3.05, 3.63) is 46.9 Å². The lowest BCUT2D eigenvalue weighted by atomic mass is 10.1. The van der Waals surface area contributed by atoms with E-state index in [4.69, 9.17) is 11.6 Å². The van der Waals surface area contributed by atoms with Crippen molar-refractivity contribution in [3.8, 4) is 0 Å². The topological polar surface area (TPSA) is 72.0 Å². The number of anilines is 1. The molecule has 0 amide bonds. The summed E-state index contributed by atoms with van der Waals surface area (Å²) in [6.45, 7) is 3.73. The SMILES string of the molecule is Cc1nc(Cl)cc(NC(C)c2ccc(S(C)(=O)=O)cc2)n1. The van der Waals surface area contributed by atoms with Gasteiger partial charge in [-0.2, -0.15) is 0 Å². The zero-order chi connectivity index (χ0) is 15.6. The van der Waals surface area contributed by atoms with E-state index >= 15 is 0 Å². The number of nitrogens with one attached hydrogen (secondary N) is 1. The Balaban J connectivity index is 2.18. The number of halogens is 1. The first-order chi connectivity index (χ1) is 9.75. The smallest absolute Gasteiger partial charge is 0.175 e. The van der Waals surface area contributed by atoms with Crippen LogP contribution in [0.25, 0.3) is 0 Å². The van der Waals surface area contributed by atoms with Gasteiger partial charge in [0.05, 0.1) is 4.90 Å². The maximum atomic E-state index is 11.4. The Labute approximate surface area is 129 Å². The van der Waals surface area contributed by atoms with Crippen LogP contribution in [0.4, 0.5) is 5.82 Å². The van der Waals surface area contributed by atoms with Crippen LogP contribution in [0.15, 0.2) is 35.2 Å². The zero-order valence-corrected chi connectivity index (χ0v) is 13.5. The summed E-state index contributed by atoms with van der Waals surface area (Å²) in [5.74, 6) is 1.22. The van der Waals surface area contributed by atoms with Gasteiger partial charge in [-0.25, -0.2) is 18.4 Å². The van der Waals surface area contributed by atoms with Crippen LogP contribution in [0.2, 0.25) is 5.15 Å². The van der Waals surface area contributed by atoms with Gasteiger partial charge in [0.2, 0.25) is 0 Å². The first-order valence-corrected chi connectivity index (χ1v) is 8.60. The molecule has 0 saturated heterocycles. The monoisotopic (exact) mass is 325 g/mol. The Morgan fingerprint density at radius 1 is 1.19 bits per heavy atom. The van der Waals surface area contributed by atoms with Gasteiger partial charge in [-0.1, -0.05) is 23.7 Å². The number of benzene rings is 1. The molecule has 0 bridgehead atoms. The lowest BCUT2D eigenvalue weighted by Crippen LogP contribution is -2.09. The molecule has 0 radical (unpaired) electrons. The van der Waals surface area contributed by atoms with E-state index in [0.717, 1.165) is 5.56 Å². The van der Waals surface area contributed by atoms with E-state index in [1.165, 1.54) is 6.26 Å². The summed E-state index contributed by atoms with van der Waals surface area (Å²) in [5, 5.41) is 3.59. The molecule has 1 unspecified atom stereocenters. The molecule has 0 fully saturated rings. The molecular formula is C14H16ClN3O2S. The first kappa shape index (κ1) is 15.7. The van der Waals surface area contributed by atoms with Crippen LogP contribution < -0.4 is 5.32 Å². The van der Waals surface area contributed by atoms with Crippen molar-refractivity contribution in [2.75, 3.05) is 11.6 Å². The number of hydrogen-bond donors (Lipinski definition) is 1. The van der Waals surface area contributed by atoms with Gasteiger partial charge in [0, 0.05) is 18.4 Å². The Kier molecular flexibility index (Phi) is 4.49. The van der Waals surface area contributed by atoms with Crippen LogP contribution in [0, 0.1) is 6.92 Å². The number of hydrogen-bond acceptors (Lipinski definition) is 5. The van der Waals surface area contributed by atoms with Crippen molar-refractivity contribution in [3.63, 3.8) is 0 Å². The quantitative estimate of drug-likeness (QED) is 0.875. The molecule has 21 heavy (non-hydrogen) atoms. The molecule has 1 aromatic heterocycles. The van der Waals surface area contributed by atoms with Crippen molar-refractivity contribution in [1.82, 2.24) is 9.97 Å². The van der Waals surface area contributed by atoms with E-state index < -0.39 is 9.84 Å². The minimum atomic E-state index is -3.17. The molecule has 2 rings (SSSR count). The van der Waals surface area contributed by atoms with Crippen molar-refractivity contribution in [2.45, 2.75) is 24.8 Å². The molecule has 112 valence electrons. The molecule has 0 saturated carbocycles. The van der Waals surface area contributed by atoms with Crippen LogP contribution in [0.1, 0.15) is 24.4 Å². The number of aryl methyl sites for hydroxylation is 1. The van der Waals surface area contributed by atoms with E-state index in [1.807, 2.05) is 6.92 Å². The summed E-state index contributed by atoms with van der Waals surface area (Å²) >= 11 is 5.89. The molecule has 1 N–H and O–H groups in total. The predicted molar refractivity (Wildman–Crippen MR) is 83.4 cm³/mol. The lowest BCUT2D eigenvalue weighted by Gasteiger charge is -2.15. The number of nitrogens with zero attached hydrogens (tertiary/aromatic N) is 2. The van der Waals surface area contributed by atoms with Crippen LogP contribution in [-0.2, 0) is 9.84 Å². The van der Waals surface area contributed by atoms with E-state index in [2.05, 4.69) is 15.3 Å². The van der Waals surface area contributed by atoms with E-state index in [0.29, 0.717) is 21.7 Å². The van der Waals surface area contributed by atoms with Gasteiger partial charge < -0.3 is 5.32 Å². The van der Waals surface area contributed by atoms with E-state index in [1.54, 1.807) is 37.3 Å². The summed E-state index contributed by atoms with van der Waals surface area (Å²) in [4.78, 5) is 8.56. The maximum absolute atomic E-state index is 11.4. The standard InChI is InChI=1S/C14H16ClN3O2S/c1-9(16-14-8-13(15)17-10(2)18-14)11-4-6-12(7-5-11)21(3,19)20/h4-9H,1-3H3,(H,16,17,18). The van der Waals surface area contributed by atoms with Gasteiger partial charge in [-0.3, -0.25) is 0 Å². The molecule has 7 heteroatoms. The fourth-order valence-corrected chi connectivity index (χ4v) is 2.77. The molecular weight excluding hydrogens is 310 g/mol. The summed E-state index contributed by atoms with van der Waals surface area (Å²) in [6.07, 6.45) is 1.19. The second kappa shape index (κ2) is 5.99. The fraction of sp³-hybridized carbons (Fsp3) is 0.286. The predicted octanol–water partition coefficient (Wildman–Crippen LogP) is 3.02. The molecule has 2 aromatic rings. The van der Waals surface area contributed by atoms with Crippen molar-refractivity contribution >= 4 is 27.3 Å². The number of aromatic nitrogens is 2. The van der Waals surface area contributed by atoms with Crippen molar-refractivity contribution < 1.29 is 8.42 Å². The van der Waals surface area contributed by atoms with Gasteiger partial charge in [-0.15, -0.1) is 0 Å². The summed E-state index contributed by atoms with van der Waals surface area (Å²) in [7, 11) is -3.17. The summed E-state index contributed by atoms with van der Waals surface area (Å²) < 4.78 is 22.9. The largest absolute Gasteiger partial charge is 0.363 e. The Morgan fingerprint density at radius 2 is 1.81 bits per heavy atom. The normalized spacial score (nSPS) is 13.0. The van der Waals surface area contributed by atoms with Gasteiger partial charge in [0.25, 0.3) is 0 Å². The minimum Gasteiger partial charge on any atom is -0.363 e. The van der Waals surface area contributed by atoms with Gasteiger partial charge in [0.1, 0.15) is 16.8 Å². The van der Waals surface area contributed by atoms with Gasteiger partial charge in [-0.05, 0) is 31.5 Å². The fourth-order valence-electron chi connectivity index (χ4n) is 1.91. The van der Waals surface area contributed by atoms with Gasteiger partial charge >= 0.3 is 0 Å². The third-order valence-corrected chi connectivity index (χ3v) is 4.30. The Hall–Kier alpha value is -1.66. The average Bonchev–Trinajstić information content (AvgIpc) is 2.36. The zero-order valence-electron chi connectivity index (χ0n) is 12.0. The Bertz CT molecular complexity index is 725. The third kappa shape index (κ3) is 4.15. The van der Waals surface area contributed by atoms with Crippen LogP contribution in [0.5, 0.6) is 0 Å². The summed E-state index contributed by atoms with van der Waals surface area (Å²) in [5.41, 5.74) is 0.954. The van der Waals surface area contributed by atoms with E-state index in [9.17, 15) is 8.42 Å².